The van der Waals surface area contributed by atoms with Crippen LogP contribution in [0.1, 0.15) is 54.0 Å². The summed E-state index contributed by atoms with van der Waals surface area (Å²) in [6.45, 7) is 13.8. The van der Waals surface area contributed by atoms with Gasteiger partial charge in [-0.2, -0.15) is 0 Å². The fourth-order valence-corrected chi connectivity index (χ4v) is 3.14. The largest absolute Gasteiger partial charge is 0.492 e. The molecule has 0 saturated carbocycles. The van der Waals surface area contributed by atoms with Gasteiger partial charge in [-0.1, -0.05) is 24.3 Å². The zero-order valence-electron chi connectivity index (χ0n) is 18.9. The van der Waals surface area contributed by atoms with Gasteiger partial charge in [0.1, 0.15) is 5.60 Å². The van der Waals surface area contributed by atoms with E-state index in [1.165, 1.54) is 0 Å². The standard InChI is InChI=1S/C23H31BN2O4/c1-21(2,3)28-20(27)26-15-17(24-29-22(4,5)23(6,7)30-24)14-16-10-8-12-19-18(16)11-9-13-25-19/h8-14H,15H2,1-7H3,(H,26,27). The van der Waals surface area contributed by atoms with Gasteiger partial charge < -0.3 is 19.4 Å². The highest BCUT2D eigenvalue weighted by Gasteiger charge is 2.52. The van der Waals surface area contributed by atoms with Crippen LogP contribution in [0, 0.1) is 0 Å². The number of alkyl carbamates (subject to hydrolysis) is 1. The molecule has 0 aliphatic carbocycles. The molecule has 1 aliphatic rings. The average Bonchev–Trinajstić information content (AvgIpc) is 2.84. The highest BCUT2D eigenvalue weighted by Crippen LogP contribution is 2.39. The van der Waals surface area contributed by atoms with Gasteiger partial charge >= 0.3 is 13.2 Å². The number of nitrogens with one attached hydrogen (secondary N) is 1. The lowest BCUT2D eigenvalue weighted by Gasteiger charge is -2.32. The maximum atomic E-state index is 12.2. The average molecular weight is 410 g/mol. The van der Waals surface area contributed by atoms with E-state index in [1.807, 2.05) is 84.9 Å². The van der Waals surface area contributed by atoms with E-state index in [9.17, 15) is 4.79 Å². The van der Waals surface area contributed by atoms with Crippen molar-refractivity contribution in [3.8, 4) is 0 Å². The number of benzene rings is 1. The number of pyridine rings is 1. The van der Waals surface area contributed by atoms with Gasteiger partial charge in [-0.25, -0.2) is 4.79 Å². The molecule has 0 radical (unpaired) electrons. The zero-order chi connectivity index (χ0) is 22.2. The van der Waals surface area contributed by atoms with Crippen LogP contribution in [-0.2, 0) is 14.0 Å². The van der Waals surface area contributed by atoms with Crippen LogP contribution in [0.25, 0.3) is 17.0 Å². The summed E-state index contributed by atoms with van der Waals surface area (Å²) in [5, 5.41) is 3.85. The Morgan fingerprint density at radius 2 is 1.80 bits per heavy atom. The summed E-state index contributed by atoms with van der Waals surface area (Å²) >= 11 is 0. The minimum atomic E-state index is -0.586. The number of carbonyl (C=O) groups is 1. The molecule has 160 valence electrons. The highest BCUT2D eigenvalue weighted by atomic mass is 16.7. The van der Waals surface area contributed by atoms with Gasteiger partial charge in [-0.3, -0.25) is 4.98 Å². The van der Waals surface area contributed by atoms with Crippen molar-refractivity contribution in [2.24, 2.45) is 0 Å². The van der Waals surface area contributed by atoms with Gasteiger partial charge in [-0.05, 0) is 71.6 Å². The molecule has 0 unspecified atom stereocenters. The minimum absolute atomic E-state index is 0.238. The first kappa shape index (κ1) is 22.3. The minimum Gasteiger partial charge on any atom is -0.444 e. The van der Waals surface area contributed by atoms with Crippen LogP contribution in [0.5, 0.6) is 0 Å². The van der Waals surface area contributed by atoms with E-state index in [4.69, 9.17) is 14.0 Å². The molecule has 7 heteroatoms. The molecule has 1 aromatic carbocycles. The van der Waals surface area contributed by atoms with E-state index in [1.54, 1.807) is 6.20 Å². The van der Waals surface area contributed by atoms with Crippen molar-refractivity contribution >= 4 is 30.2 Å². The molecule has 3 rings (SSSR count). The van der Waals surface area contributed by atoms with E-state index in [-0.39, 0.29) is 6.54 Å². The van der Waals surface area contributed by atoms with Crippen molar-refractivity contribution < 1.29 is 18.8 Å². The molecule has 2 heterocycles. The Hall–Kier alpha value is -2.38. The van der Waals surface area contributed by atoms with E-state index >= 15 is 0 Å². The zero-order valence-corrected chi connectivity index (χ0v) is 18.9. The summed E-state index contributed by atoms with van der Waals surface area (Å²) in [6, 6.07) is 9.89. The summed E-state index contributed by atoms with van der Waals surface area (Å²) in [7, 11) is -0.586. The number of hydrogen-bond donors (Lipinski definition) is 1. The number of rotatable bonds is 4. The Balaban J connectivity index is 1.93. The van der Waals surface area contributed by atoms with Crippen LogP contribution < -0.4 is 5.32 Å². The SMILES string of the molecule is CC(C)(C)OC(=O)NCC(=Cc1cccc2ncccc12)B1OC(C)(C)C(C)(C)O1. The number of carbonyl (C=O) groups excluding carboxylic acids is 1. The van der Waals surface area contributed by atoms with Crippen LogP contribution in [0.3, 0.4) is 0 Å². The number of nitrogens with zero attached hydrogens (tertiary/aromatic N) is 1. The first-order chi connectivity index (χ1) is 13.9. The molecular weight excluding hydrogens is 379 g/mol. The third-order valence-electron chi connectivity index (χ3n) is 5.41. The van der Waals surface area contributed by atoms with Gasteiger partial charge in [0, 0.05) is 18.1 Å². The van der Waals surface area contributed by atoms with Gasteiger partial charge in [0.2, 0.25) is 0 Å². The van der Waals surface area contributed by atoms with Crippen LogP contribution in [0.15, 0.2) is 42.0 Å². The van der Waals surface area contributed by atoms with Gasteiger partial charge in [0.15, 0.2) is 0 Å². The van der Waals surface area contributed by atoms with Crippen molar-refractivity contribution in [1.29, 1.82) is 0 Å². The summed E-state index contributed by atoms with van der Waals surface area (Å²) < 4.78 is 17.9. The van der Waals surface area contributed by atoms with E-state index < -0.39 is 30.0 Å². The number of ether oxygens (including phenoxy) is 1. The molecule has 1 N–H and O–H groups in total. The smallest absolute Gasteiger partial charge is 0.444 e. The molecular formula is C23H31BN2O4. The Bertz CT molecular complexity index is 942. The molecule has 30 heavy (non-hydrogen) atoms. The lowest BCUT2D eigenvalue weighted by Crippen LogP contribution is -2.41. The highest BCUT2D eigenvalue weighted by molar-refractivity contribution is 6.56. The molecule has 0 spiro atoms. The molecule has 1 fully saturated rings. The monoisotopic (exact) mass is 410 g/mol. The summed E-state index contributed by atoms with van der Waals surface area (Å²) in [5.74, 6) is 0. The van der Waals surface area contributed by atoms with Crippen molar-refractivity contribution in [1.82, 2.24) is 10.3 Å². The predicted molar refractivity (Wildman–Crippen MR) is 120 cm³/mol. The summed E-state index contributed by atoms with van der Waals surface area (Å²) in [5.41, 5.74) is 1.15. The molecule has 1 aromatic heterocycles. The molecule has 1 amide bonds. The molecule has 6 nitrogen and oxygen atoms in total. The molecule has 1 saturated heterocycles. The summed E-state index contributed by atoms with van der Waals surface area (Å²) in [4.78, 5) is 16.7. The van der Waals surface area contributed by atoms with Crippen molar-refractivity contribution in [3.05, 3.63) is 47.6 Å². The van der Waals surface area contributed by atoms with E-state index in [2.05, 4.69) is 10.3 Å². The van der Waals surface area contributed by atoms with Gasteiger partial charge in [0.05, 0.1) is 16.7 Å². The Morgan fingerprint density at radius 3 is 2.43 bits per heavy atom. The van der Waals surface area contributed by atoms with E-state index in [0.29, 0.717) is 0 Å². The molecule has 1 aliphatic heterocycles. The third kappa shape index (κ3) is 5.02. The lowest BCUT2D eigenvalue weighted by atomic mass is 9.76. The number of hydrogen-bond acceptors (Lipinski definition) is 5. The number of fused-ring (bicyclic) bond motifs is 1. The fraction of sp³-hybridized carbons (Fsp3) is 0.478. The lowest BCUT2D eigenvalue weighted by molar-refractivity contribution is 0.00578. The number of aromatic nitrogens is 1. The third-order valence-corrected chi connectivity index (χ3v) is 5.41. The van der Waals surface area contributed by atoms with Gasteiger partial charge in [-0.15, -0.1) is 0 Å². The fourth-order valence-electron chi connectivity index (χ4n) is 3.14. The van der Waals surface area contributed by atoms with Crippen molar-refractivity contribution in [2.45, 2.75) is 65.3 Å². The molecule has 0 atom stereocenters. The molecule has 0 bridgehead atoms. The topological polar surface area (TPSA) is 69.7 Å². The second-order valence-electron chi connectivity index (χ2n) is 9.58. The summed E-state index contributed by atoms with van der Waals surface area (Å²) in [6.07, 6.45) is 3.29. The quantitative estimate of drug-likeness (QED) is 0.735. The van der Waals surface area contributed by atoms with Crippen molar-refractivity contribution in [3.63, 3.8) is 0 Å². The first-order valence-corrected chi connectivity index (χ1v) is 10.2. The maximum Gasteiger partial charge on any atom is 0.492 e. The van der Waals surface area contributed by atoms with Crippen LogP contribution in [0.4, 0.5) is 4.79 Å². The Labute approximate surface area is 179 Å². The number of amides is 1. The normalized spacial score (nSPS) is 18.5. The second-order valence-corrected chi connectivity index (χ2v) is 9.58. The van der Waals surface area contributed by atoms with Crippen molar-refractivity contribution in [2.75, 3.05) is 6.54 Å². The molecule has 2 aromatic rings. The first-order valence-electron chi connectivity index (χ1n) is 10.2. The predicted octanol–water partition coefficient (Wildman–Crippen LogP) is 4.77. The second kappa shape index (κ2) is 8.04. The Morgan fingerprint density at radius 1 is 1.13 bits per heavy atom. The maximum absolute atomic E-state index is 12.2. The van der Waals surface area contributed by atoms with Crippen LogP contribution in [0.2, 0.25) is 0 Å². The Kier molecular flexibility index (Phi) is 5.98. The van der Waals surface area contributed by atoms with E-state index in [0.717, 1.165) is 21.9 Å². The van der Waals surface area contributed by atoms with Crippen LogP contribution >= 0.6 is 0 Å². The van der Waals surface area contributed by atoms with Gasteiger partial charge in [0.25, 0.3) is 0 Å². The van der Waals surface area contributed by atoms with Crippen LogP contribution in [-0.4, -0.2) is 41.5 Å².